The van der Waals surface area contributed by atoms with Crippen molar-refractivity contribution in [2.75, 3.05) is 24.8 Å². The van der Waals surface area contributed by atoms with E-state index in [1.54, 1.807) is 44.4 Å². The number of aromatic nitrogens is 6. The molecule has 11 heteroatoms. The molecule has 4 rings (SSSR count). The summed E-state index contributed by atoms with van der Waals surface area (Å²) in [7, 11) is 5.10. The highest BCUT2D eigenvalue weighted by Gasteiger charge is 2.18. The van der Waals surface area contributed by atoms with Crippen molar-refractivity contribution in [3.8, 4) is 17.1 Å². The molecule has 0 bridgehead atoms. The SMILES string of the molecule is CN[C@H](C)C(=O)Nc1nccc2c(-c3nc(Nc4cn(C)nc4OC)ncc3C)c[nH]c12. The molecule has 1 amide bonds. The Morgan fingerprint density at radius 3 is 2.88 bits per heavy atom. The Balaban J connectivity index is 1.70. The second kappa shape index (κ2) is 8.63. The highest BCUT2D eigenvalue weighted by Crippen LogP contribution is 2.33. The normalized spacial score (nSPS) is 12.0. The first-order valence-electron chi connectivity index (χ1n) is 10.0. The summed E-state index contributed by atoms with van der Waals surface area (Å²) in [6, 6.07) is 1.54. The van der Waals surface area contributed by atoms with E-state index in [2.05, 4.69) is 36.0 Å². The van der Waals surface area contributed by atoms with Crippen LogP contribution in [0.4, 0.5) is 17.5 Å². The van der Waals surface area contributed by atoms with Gasteiger partial charge in [0.15, 0.2) is 5.82 Å². The van der Waals surface area contributed by atoms with E-state index in [4.69, 9.17) is 9.72 Å². The molecular weight excluding hydrogens is 410 g/mol. The van der Waals surface area contributed by atoms with Gasteiger partial charge in [0.25, 0.3) is 5.88 Å². The van der Waals surface area contributed by atoms with Gasteiger partial charge >= 0.3 is 0 Å². The molecule has 4 aromatic heterocycles. The maximum Gasteiger partial charge on any atom is 0.256 e. The first kappa shape index (κ1) is 21.2. The Bertz CT molecular complexity index is 1280. The number of pyridine rings is 1. The lowest BCUT2D eigenvalue weighted by atomic mass is 10.1. The Kier molecular flexibility index (Phi) is 5.73. The zero-order valence-electron chi connectivity index (χ0n) is 18.5. The summed E-state index contributed by atoms with van der Waals surface area (Å²) >= 11 is 0. The van der Waals surface area contributed by atoms with Crippen LogP contribution in [0.1, 0.15) is 12.5 Å². The standard InChI is InChI=1S/C21H25N9O2/c1-11-8-25-21(26-15-10-30(4)29-20(15)32-5)27-16(11)14-9-24-17-13(14)6-7-23-18(17)28-19(31)12(2)22-3/h6-10,12,22,24H,1-5H3,(H,23,28,31)(H,25,26,27)/t12-/m1/s1. The molecule has 1 atom stereocenters. The first-order chi connectivity index (χ1) is 15.4. The van der Waals surface area contributed by atoms with Crippen LogP contribution in [-0.2, 0) is 11.8 Å². The van der Waals surface area contributed by atoms with Gasteiger partial charge in [0.2, 0.25) is 11.9 Å². The first-order valence-corrected chi connectivity index (χ1v) is 10.0. The number of methoxy groups -OCH3 is 1. The predicted molar refractivity (Wildman–Crippen MR) is 122 cm³/mol. The fourth-order valence-corrected chi connectivity index (χ4v) is 3.30. The Hall–Kier alpha value is -3.99. The number of carbonyl (C=O) groups excluding carboxylic acids is 1. The van der Waals surface area contributed by atoms with Gasteiger partial charge in [-0.3, -0.25) is 9.48 Å². The average molecular weight is 435 g/mol. The van der Waals surface area contributed by atoms with Crippen LogP contribution < -0.4 is 20.7 Å². The van der Waals surface area contributed by atoms with Gasteiger partial charge in [0.05, 0.1) is 30.6 Å². The van der Waals surface area contributed by atoms with Gasteiger partial charge in [-0.05, 0) is 32.5 Å². The Morgan fingerprint density at radius 2 is 2.12 bits per heavy atom. The van der Waals surface area contributed by atoms with Crippen molar-refractivity contribution in [2.45, 2.75) is 19.9 Å². The van der Waals surface area contributed by atoms with Crippen molar-refractivity contribution < 1.29 is 9.53 Å². The van der Waals surface area contributed by atoms with Crippen LogP contribution in [0.5, 0.6) is 5.88 Å². The van der Waals surface area contributed by atoms with Gasteiger partial charge in [-0.15, -0.1) is 5.10 Å². The molecule has 0 unspecified atom stereocenters. The van der Waals surface area contributed by atoms with Crippen molar-refractivity contribution in [3.63, 3.8) is 0 Å². The summed E-state index contributed by atoms with van der Waals surface area (Å²) in [5.41, 5.74) is 3.92. The molecule has 4 aromatic rings. The number of carbonyl (C=O) groups is 1. The molecule has 0 fully saturated rings. The van der Waals surface area contributed by atoms with Crippen LogP contribution >= 0.6 is 0 Å². The lowest BCUT2D eigenvalue weighted by Gasteiger charge is -2.11. The van der Waals surface area contributed by atoms with Gasteiger partial charge in [-0.25, -0.2) is 15.0 Å². The summed E-state index contributed by atoms with van der Waals surface area (Å²) in [6.07, 6.45) is 7.06. The highest BCUT2D eigenvalue weighted by molar-refractivity contribution is 6.05. The van der Waals surface area contributed by atoms with E-state index in [1.165, 1.54) is 0 Å². The van der Waals surface area contributed by atoms with Gasteiger partial charge < -0.3 is 25.7 Å². The minimum atomic E-state index is -0.344. The summed E-state index contributed by atoms with van der Waals surface area (Å²) < 4.78 is 6.94. The van der Waals surface area contributed by atoms with Crippen molar-refractivity contribution in [2.24, 2.45) is 7.05 Å². The fourth-order valence-electron chi connectivity index (χ4n) is 3.30. The Morgan fingerprint density at radius 1 is 1.31 bits per heavy atom. The number of ether oxygens (including phenoxy) is 1. The minimum Gasteiger partial charge on any atom is -0.478 e. The molecule has 0 radical (unpaired) electrons. The molecule has 4 N–H and O–H groups in total. The van der Waals surface area contributed by atoms with Gasteiger partial charge in [0, 0.05) is 36.6 Å². The van der Waals surface area contributed by atoms with Crippen molar-refractivity contribution in [3.05, 3.63) is 36.4 Å². The van der Waals surface area contributed by atoms with Crippen LogP contribution in [0.25, 0.3) is 22.2 Å². The van der Waals surface area contributed by atoms with Crippen molar-refractivity contribution in [1.82, 2.24) is 35.0 Å². The highest BCUT2D eigenvalue weighted by atomic mass is 16.5. The van der Waals surface area contributed by atoms with Gasteiger partial charge in [-0.1, -0.05) is 0 Å². The molecule has 32 heavy (non-hydrogen) atoms. The maximum absolute atomic E-state index is 12.3. The molecule has 0 aliphatic carbocycles. The molecule has 0 spiro atoms. The van der Waals surface area contributed by atoms with E-state index in [1.807, 2.05) is 26.2 Å². The minimum absolute atomic E-state index is 0.168. The second-order valence-corrected chi connectivity index (χ2v) is 7.36. The van der Waals surface area contributed by atoms with E-state index in [0.717, 1.165) is 27.7 Å². The largest absolute Gasteiger partial charge is 0.478 e. The number of likely N-dealkylation sites (N-methyl/N-ethyl adjacent to an activating group) is 1. The third-order valence-electron chi connectivity index (χ3n) is 5.13. The van der Waals surface area contributed by atoms with Crippen LogP contribution in [0.2, 0.25) is 0 Å². The number of anilines is 3. The zero-order valence-corrected chi connectivity index (χ0v) is 18.5. The number of nitrogens with one attached hydrogen (secondary N) is 4. The summed E-state index contributed by atoms with van der Waals surface area (Å²) in [5, 5.41) is 14.1. The molecule has 4 heterocycles. The van der Waals surface area contributed by atoms with E-state index in [0.29, 0.717) is 23.3 Å². The fraction of sp³-hybridized carbons (Fsp3) is 0.286. The lowest BCUT2D eigenvalue weighted by Crippen LogP contribution is -2.35. The van der Waals surface area contributed by atoms with Crippen LogP contribution in [-0.4, -0.2) is 55.8 Å². The van der Waals surface area contributed by atoms with Crippen LogP contribution in [0.3, 0.4) is 0 Å². The molecule has 11 nitrogen and oxygen atoms in total. The average Bonchev–Trinajstić information content (AvgIpc) is 3.38. The number of aryl methyl sites for hydroxylation is 2. The number of amides is 1. The maximum atomic E-state index is 12.3. The van der Waals surface area contributed by atoms with Crippen molar-refractivity contribution in [1.29, 1.82) is 0 Å². The number of H-pyrrole nitrogens is 1. The molecule has 0 saturated heterocycles. The molecule has 0 aliphatic heterocycles. The smallest absolute Gasteiger partial charge is 0.256 e. The van der Waals surface area contributed by atoms with E-state index >= 15 is 0 Å². The Labute approximate surface area is 184 Å². The second-order valence-electron chi connectivity index (χ2n) is 7.36. The monoisotopic (exact) mass is 435 g/mol. The van der Waals surface area contributed by atoms with Crippen LogP contribution in [0, 0.1) is 6.92 Å². The third kappa shape index (κ3) is 3.97. The van der Waals surface area contributed by atoms with Crippen molar-refractivity contribution >= 4 is 34.3 Å². The van der Waals surface area contributed by atoms with E-state index in [-0.39, 0.29) is 11.9 Å². The predicted octanol–water partition coefficient (Wildman–Crippen LogP) is 2.36. The number of aromatic amines is 1. The summed E-state index contributed by atoms with van der Waals surface area (Å²) in [4.78, 5) is 29.0. The molecule has 0 saturated carbocycles. The molecule has 0 aliphatic rings. The lowest BCUT2D eigenvalue weighted by molar-refractivity contribution is -0.117. The van der Waals surface area contributed by atoms with Gasteiger partial charge in [0.1, 0.15) is 5.69 Å². The quantitative estimate of drug-likeness (QED) is 0.347. The number of rotatable bonds is 7. The van der Waals surface area contributed by atoms with Crippen LogP contribution in [0.15, 0.2) is 30.9 Å². The zero-order chi connectivity index (χ0) is 22.8. The van der Waals surface area contributed by atoms with Gasteiger partial charge in [-0.2, -0.15) is 0 Å². The summed E-state index contributed by atoms with van der Waals surface area (Å²) in [5.74, 6) is 1.16. The number of hydrogen-bond acceptors (Lipinski definition) is 8. The molecular formula is C21H25N9O2. The number of fused-ring (bicyclic) bond motifs is 1. The molecule has 0 aromatic carbocycles. The topological polar surface area (TPSA) is 135 Å². The number of hydrogen-bond donors (Lipinski definition) is 4. The molecule has 166 valence electrons. The third-order valence-corrected chi connectivity index (χ3v) is 5.13. The van der Waals surface area contributed by atoms with E-state index in [9.17, 15) is 4.79 Å². The number of nitrogens with zero attached hydrogens (tertiary/aromatic N) is 5. The van der Waals surface area contributed by atoms with E-state index < -0.39 is 0 Å². The summed E-state index contributed by atoms with van der Waals surface area (Å²) in [6.45, 7) is 3.73.